The van der Waals surface area contributed by atoms with Gasteiger partial charge in [-0.3, -0.25) is 29.4 Å². The van der Waals surface area contributed by atoms with Crippen LogP contribution in [0.5, 0.6) is 5.75 Å². The Bertz CT molecular complexity index is 2650. The van der Waals surface area contributed by atoms with Gasteiger partial charge in [-0.2, -0.15) is 15.9 Å². The highest BCUT2D eigenvalue weighted by molar-refractivity contribution is 7.74. The number of carbonyl (C=O) groups excluding carboxylic acids is 4. The molecule has 17 nitrogen and oxygen atoms in total. The molecule has 0 spiro atoms. The van der Waals surface area contributed by atoms with Crippen LogP contribution >= 0.6 is 12.8 Å². The van der Waals surface area contributed by atoms with Gasteiger partial charge in [0.25, 0.3) is 17.8 Å². The summed E-state index contributed by atoms with van der Waals surface area (Å²) in [6.45, 7) is 13.0. The molecule has 0 aliphatic carbocycles. The number of thiol groups is 1. The summed E-state index contributed by atoms with van der Waals surface area (Å²) >= 11 is 4.01. The number of nitrogens with one attached hydrogen (secondary N) is 3. The van der Waals surface area contributed by atoms with E-state index < -0.39 is 39.2 Å². The predicted octanol–water partition coefficient (Wildman–Crippen LogP) is 6.78. The summed E-state index contributed by atoms with van der Waals surface area (Å²) in [4.78, 5) is 59.5. The Morgan fingerprint density at radius 3 is 2.19 bits per heavy atom. The molecule has 1 fully saturated rings. The maximum Gasteiger partial charge on any atom is 0.273 e. The molecule has 1 aromatic heterocycles. The molecule has 2 unspecified atom stereocenters. The number of ether oxygens (including phenoxy) is 4. The van der Waals surface area contributed by atoms with E-state index in [2.05, 4.69) is 89.1 Å². The number of rotatable bonds is 20. The average Bonchev–Trinajstić information content (AvgIpc) is 3.55. The number of imide groups is 2. The number of nitrogens with zero attached hydrogens (tertiary/aromatic N) is 5. The Kier molecular flexibility index (Phi) is 16.7. The highest BCUT2D eigenvalue weighted by atomic mass is 32.1. The molecule has 2 aliphatic heterocycles. The molecule has 7 rings (SSSR count). The minimum absolute atomic E-state index is 0.0614. The molecule has 1 saturated heterocycles. The Morgan fingerprint density at radius 2 is 1.52 bits per heavy atom. The predicted molar refractivity (Wildman–Crippen MR) is 254 cm³/mol. The molecule has 0 radical (unpaired) electrons. The largest absolute Gasteiger partial charge is 0.490 e. The number of aryl methyl sites for hydroxylation is 1. The van der Waals surface area contributed by atoms with E-state index in [0.29, 0.717) is 63.2 Å². The second-order valence-electron chi connectivity index (χ2n) is 16.3. The number of hydrogen-bond acceptors (Lipinski definition) is 15. The van der Waals surface area contributed by atoms with Crippen LogP contribution in [0.3, 0.4) is 0 Å². The molecule has 4 amide bonds. The van der Waals surface area contributed by atoms with Gasteiger partial charge in [-0.15, -0.1) is 0 Å². The van der Waals surface area contributed by atoms with E-state index in [0.717, 1.165) is 43.6 Å². The summed E-state index contributed by atoms with van der Waals surface area (Å²) in [6, 6.07) is 24.4. The molecule has 352 valence electrons. The molecule has 5 aromatic rings. The fourth-order valence-electron chi connectivity index (χ4n) is 7.70. The summed E-state index contributed by atoms with van der Waals surface area (Å²) in [7, 11) is 1.44. The van der Waals surface area contributed by atoms with E-state index in [1.165, 1.54) is 7.05 Å². The Balaban J connectivity index is 0.00000365. The van der Waals surface area contributed by atoms with E-state index in [-0.39, 0.29) is 36.5 Å². The zero-order valence-electron chi connectivity index (χ0n) is 38.6. The number of aromatic nitrogens is 2. The summed E-state index contributed by atoms with van der Waals surface area (Å²) < 4.78 is 22.2. The summed E-state index contributed by atoms with van der Waals surface area (Å²) in [5.74, 6) is -1.39. The fraction of sp³-hybridized carbons (Fsp3) is 0.367. The van der Waals surface area contributed by atoms with Gasteiger partial charge in [-0.25, -0.2) is 9.97 Å². The molecule has 2 atom stereocenters. The SMILES string of the molecule is CC.Cc1cc(C(C)(C)c2ccc(-c3ccc4nc(N[N+](C)(O)S)ncc4c3)cc2)cc(C#N)c1OCCOCCOCCOCCNc1ccc2c(c1)C(=O)N(C1CCC(=O)NC1=O)C2=O. The molecule has 67 heavy (non-hydrogen) atoms. The number of nitriles is 1. The summed E-state index contributed by atoms with van der Waals surface area (Å²) in [6.07, 6.45) is 1.86. The lowest BCUT2D eigenvalue weighted by Crippen LogP contribution is -2.54. The Labute approximate surface area is 395 Å². The quantitative estimate of drug-likeness (QED) is 0.0179. The van der Waals surface area contributed by atoms with Crippen LogP contribution < -0.4 is 20.8 Å². The zero-order valence-corrected chi connectivity index (χ0v) is 39.4. The maximum atomic E-state index is 13.0. The van der Waals surface area contributed by atoms with Crippen molar-refractivity contribution in [3.8, 4) is 22.9 Å². The average molecular weight is 934 g/mol. The van der Waals surface area contributed by atoms with E-state index in [9.17, 15) is 29.6 Å². The third-order valence-electron chi connectivity index (χ3n) is 11.2. The lowest BCUT2D eigenvalue weighted by molar-refractivity contribution is -0.955. The second kappa shape index (κ2) is 22.4. The van der Waals surface area contributed by atoms with E-state index in [4.69, 9.17) is 18.9 Å². The maximum absolute atomic E-state index is 13.0. The van der Waals surface area contributed by atoms with E-state index in [1.807, 2.05) is 45.0 Å². The highest BCUT2D eigenvalue weighted by Crippen LogP contribution is 2.37. The highest BCUT2D eigenvalue weighted by Gasteiger charge is 2.44. The molecule has 4 aromatic carbocycles. The molecule has 0 saturated carbocycles. The number of piperidine rings is 1. The molecule has 0 bridgehead atoms. The van der Waals surface area contributed by atoms with Gasteiger partial charge in [-0.05, 0) is 81.7 Å². The van der Waals surface area contributed by atoms with Crippen LogP contribution in [0.4, 0.5) is 11.6 Å². The topological polar surface area (TPSA) is 214 Å². The summed E-state index contributed by atoms with van der Waals surface area (Å²) in [5, 5.41) is 26.2. The van der Waals surface area contributed by atoms with Gasteiger partial charge in [0.2, 0.25) is 11.8 Å². The molecular weight excluding hydrogens is 877 g/mol. The third-order valence-corrected chi connectivity index (χ3v) is 11.3. The zero-order chi connectivity index (χ0) is 48.3. The fourth-order valence-corrected chi connectivity index (χ4v) is 7.79. The first-order valence-electron chi connectivity index (χ1n) is 22.1. The first-order valence-corrected chi connectivity index (χ1v) is 22.5. The van der Waals surface area contributed by atoms with Crippen LogP contribution in [0.2, 0.25) is 0 Å². The molecule has 2 aliphatic rings. The van der Waals surface area contributed by atoms with Gasteiger partial charge in [0.15, 0.2) is 0 Å². The van der Waals surface area contributed by atoms with Crippen molar-refractivity contribution in [3.05, 3.63) is 112 Å². The monoisotopic (exact) mass is 933 g/mol. The van der Waals surface area contributed by atoms with Crippen LogP contribution in [0.25, 0.3) is 22.0 Å². The van der Waals surface area contributed by atoms with E-state index in [1.54, 1.807) is 24.4 Å². The minimum atomic E-state index is -1.01. The van der Waals surface area contributed by atoms with Gasteiger partial charge in [0, 0.05) is 35.7 Å². The van der Waals surface area contributed by atoms with Crippen molar-refractivity contribution in [3.63, 3.8) is 0 Å². The van der Waals surface area contributed by atoms with Crippen molar-refractivity contribution in [1.29, 1.82) is 5.26 Å². The van der Waals surface area contributed by atoms with Gasteiger partial charge in [0.05, 0.1) is 61.8 Å². The van der Waals surface area contributed by atoms with Crippen LogP contribution in [0, 0.1) is 18.3 Å². The van der Waals surface area contributed by atoms with Gasteiger partial charge < -0.3 is 24.3 Å². The van der Waals surface area contributed by atoms with Crippen molar-refractivity contribution >= 4 is 59.0 Å². The number of anilines is 2. The molecule has 3 heterocycles. The van der Waals surface area contributed by atoms with Gasteiger partial charge in [0.1, 0.15) is 44.3 Å². The second-order valence-corrected chi connectivity index (χ2v) is 17.1. The number of hydrogen-bond donors (Lipinski definition) is 5. The van der Waals surface area contributed by atoms with Gasteiger partial charge >= 0.3 is 0 Å². The van der Waals surface area contributed by atoms with Crippen molar-refractivity contribution in [2.24, 2.45) is 0 Å². The number of hydroxylamine groups is 1. The number of quaternary nitrogens is 1. The molecule has 18 heteroatoms. The van der Waals surface area contributed by atoms with Crippen molar-refractivity contribution in [2.75, 3.05) is 70.6 Å². The van der Waals surface area contributed by atoms with Crippen LogP contribution in [0.15, 0.2) is 79.0 Å². The number of amides is 4. The number of carbonyl (C=O) groups is 4. The third kappa shape index (κ3) is 12.3. The number of benzene rings is 4. The smallest absolute Gasteiger partial charge is 0.273 e. The van der Waals surface area contributed by atoms with Crippen molar-refractivity contribution in [1.82, 2.24) is 20.2 Å². The lowest BCUT2D eigenvalue weighted by Gasteiger charge is -2.28. The first-order chi connectivity index (χ1) is 32.1. The number of fused-ring (bicyclic) bond motifs is 2. The molecular formula is C49H57N8O9S+. The van der Waals surface area contributed by atoms with Crippen LogP contribution in [-0.4, -0.2) is 114 Å². The Hall–Kier alpha value is -6.46. The van der Waals surface area contributed by atoms with Crippen molar-refractivity contribution < 1.29 is 47.5 Å². The van der Waals surface area contributed by atoms with Crippen molar-refractivity contribution in [2.45, 2.75) is 58.9 Å². The standard InChI is InChI=1S/C47H50N8O9S.C2H6/c1-29-23-35(47(2,3)34-8-5-30(6-9-34)31-7-12-39-33(24-31)28-50-46(51-39)53-55(4,60)65)25-32(27-48)42(29)64-22-21-63-20-19-62-18-17-61-16-15-49-36-10-11-37-38(26-36)45(59)54(44(37)58)40-13-14-41(56)52-43(40)57;1-2/h5-12,23-26,28,40,60,65H,13-22H2,1-4H3,(H2-,49,50,51,52,53,56,57,58);1-2H3/p+1. The Morgan fingerprint density at radius 1 is 0.866 bits per heavy atom. The van der Waals surface area contributed by atoms with Crippen LogP contribution in [0.1, 0.15) is 83.5 Å². The normalized spacial score (nSPS) is 15.6. The van der Waals surface area contributed by atoms with Crippen LogP contribution in [-0.2, 0) is 29.2 Å². The van der Waals surface area contributed by atoms with Gasteiger partial charge in [-0.1, -0.05) is 64.1 Å². The molecule has 4 N–H and O–H groups in total. The lowest BCUT2D eigenvalue weighted by atomic mass is 9.76. The minimum Gasteiger partial charge on any atom is -0.490 e. The summed E-state index contributed by atoms with van der Waals surface area (Å²) in [5.41, 5.74) is 9.48. The first kappa shape index (κ1) is 50.0. The van der Waals surface area contributed by atoms with E-state index >= 15 is 0 Å².